The molecule has 0 aliphatic heterocycles. The van der Waals surface area contributed by atoms with Crippen LogP contribution in [0.2, 0.25) is 0 Å². The summed E-state index contributed by atoms with van der Waals surface area (Å²) in [5.41, 5.74) is 7.91. The van der Waals surface area contributed by atoms with Gasteiger partial charge in [0.05, 0.1) is 4.90 Å². The number of hydrogen-bond donors (Lipinski definition) is 2. The van der Waals surface area contributed by atoms with Crippen molar-refractivity contribution in [2.45, 2.75) is 51.3 Å². The van der Waals surface area contributed by atoms with Crippen LogP contribution in [0, 0.1) is 25.7 Å². The molecule has 0 bridgehead atoms. The van der Waals surface area contributed by atoms with Gasteiger partial charge in [0.25, 0.3) is 0 Å². The van der Waals surface area contributed by atoms with Crippen LogP contribution in [0.5, 0.6) is 0 Å². The Morgan fingerprint density at radius 1 is 1.29 bits per heavy atom. The number of hydrogen-bond acceptors (Lipinski definition) is 3. The van der Waals surface area contributed by atoms with E-state index in [-0.39, 0.29) is 0 Å². The maximum atomic E-state index is 12.5. The van der Waals surface area contributed by atoms with Gasteiger partial charge in [-0.25, -0.2) is 13.1 Å². The van der Waals surface area contributed by atoms with Crippen molar-refractivity contribution in [2.24, 2.45) is 11.8 Å². The molecule has 0 heterocycles. The van der Waals surface area contributed by atoms with Crippen molar-refractivity contribution in [3.8, 4) is 0 Å². The third-order valence-electron chi connectivity index (χ3n) is 4.44. The molecule has 1 aromatic rings. The van der Waals surface area contributed by atoms with Gasteiger partial charge < -0.3 is 5.73 Å². The standard InChI is InChI=1S/C16H26N2O2S/c1-11-5-4-6-14(7-11)10-18-21(19,20)16-9-12(2)8-15(17)13(16)3/h8-9,11,14,18H,4-7,10,17H2,1-3H3. The highest BCUT2D eigenvalue weighted by Gasteiger charge is 2.23. The van der Waals surface area contributed by atoms with Gasteiger partial charge >= 0.3 is 0 Å². The second-order valence-electron chi connectivity index (χ2n) is 6.47. The lowest BCUT2D eigenvalue weighted by Gasteiger charge is -2.26. The number of nitrogens with one attached hydrogen (secondary N) is 1. The predicted octanol–water partition coefficient (Wildman–Crippen LogP) is 2.99. The van der Waals surface area contributed by atoms with Gasteiger partial charge in [-0.3, -0.25) is 0 Å². The maximum absolute atomic E-state index is 12.5. The van der Waals surface area contributed by atoms with Crippen molar-refractivity contribution in [3.63, 3.8) is 0 Å². The number of anilines is 1. The van der Waals surface area contributed by atoms with E-state index in [0.717, 1.165) is 18.4 Å². The second kappa shape index (κ2) is 6.36. The Bertz CT molecular complexity index is 611. The lowest BCUT2D eigenvalue weighted by molar-refractivity contribution is 0.283. The minimum Gasteiger partial charge on any atom is -0.398 e. The predicted molar refractivity (Wildman–Crippen MR) is 86.6 cm³/mol. The molecule has 0 radical (unpaired) electrons. The first-order valence-electron chi connectivity index (χ1n) is 7.66. The van der Waals surface area contributed by atoms with E-state index in [1.165, 1.54) is 12.8 Å². The summed E-state index contributed by atoms with van der Waals surface area (Å²) in [4.78, 5) is 0.309. The number of rotatable bonds is 4. The van der Waals surface area contributed by atoms with Crippen molar-refractivity contribution in [1.82, 2.24) is 4.72 Å². The SMILES string of the molecule is Cc1cc(N)c(C)c(S(=O)(=O)NCC2CCCC(C)C2)c1. The van der Waals surface area contributed by atoms with Crippen LogP contribution in [0.25, 0.3) is 0 Å². The Kier molecular flexibility index (Phi) is 4.94. The van der Waals surface area contributed by atoms with Crippen molar-refractivity contribution in [1.29, 1.82) is 0 Å². The molecule has 1 saturated carbocycles. The summed E-state index contributed by atoms with van der Waals surface area (Å²) in [6.45, 7) is 6.38. The first kappa shape index (κ1) is 16.3. The number of nitrogen functional groups attached to an aromatic ring is 1. The summed E-state index contributed by atoms with van der Waals surface area (Å²) in [7, 11) is -3.48. The Morgan fingerprint density at radius 2 is 2.00 bits per heavy atom. The van der Waals surface area contributed by atoms with E-state index in [4.69, 9.17) is 5.73 Å². The van der Waals surface area contributed by atoms with E-state index < -0.39 is 10.0 Å². The molecule has 2 unspecified atom stereocenters. The Labute approximate surface area is 128 Å². The molecular weight excluding hydrogens is 284 g/mol. The zero-order valence-corrected chi connectivity index (χ0v) is 14.0. The van der Waals surface area contributed by atoms with Gasteiger partial charge in [0.1, 0.15) is 0 Å². The summed E-state index contributed by atoms with van der Waals surface area (Å²) < 4.78 is 27.8. The molecule has 1 aromatic carbocycles. The zero-order chi connectivity index (χ0) is 15.6. The van der Waals surface area contributed by atoms with Gasteiger partial charge in [-0.2, -0.15) is 0 Å². The minimum absolute atomic E-state index is 0.309. The quantitative estimate of drug-likeness (QED) is 0.840. The molecule has 3 N–H and O–H groups in total. The molecule has 0 spiro atoms. The fourth-order valence-electron chi connectivity index (χ4n) is 3.18. The molecule has 0 saturated heterocycles. The number of nitrogens with two attached hydrogens (primary N) is 1. The van der Waals surface area contributed by atoms with E-state index in [1.54, 1.807) is 19.1 Å². The molecule has 1 aliphatic rings. The zero-order valence-electron chi connectivity index (χ0n) is 13.1. The molecule has 1 fully saturated rings. The van der Waals surface area contributed by atoms with Crippen LogP contribution in [0.3, 0.4) is 0 Å². The molecular formula is C16H26N2O2S. The summed E-state index contributed by atoms with van der Waals surface area (Å²) in [6, 6.07) is 3.49. The summed E-state index contributed by atoms with van der Waals surface area (Å²) >= 11 is 0. The van der Waals surface area contributed by atoms with Gasteiger partial charge in [0.2, 0.25) is 10.0 Å². The molecule has 21 heavy (non-hydrogen) atoms. The van der Waals surface area contributed by atoms with Crippen LogP contribution in [0.1, 0.15) is 43.7 Å². The van der Waals surface area contributed by atoms with Gasteiger partial charge in [-0.1, -0.05) is 19.8 Å². The fraction of sp³-hybridized carbons (Fsp3) is 0.625. The van der Waals surface area contributed by atoms with E-state index in [9.17, 15) is 8.42 Å². The first-order chi connectivity index (χ1) is 9.79. The van der Waals surface area contributed by atoms with Crippen molar-refractivity contribution >= 4 is 15.7 Å². The molecule has 5 heteroatoms. The minimum atomic E-state index is -3.48. The maximum Gasteiger partial charge on any atom is 0.240 e. The van der Waals surface area contributed by atoms with Crippen LogP contribution in [0.15, 0.2) is 17.0 Å². The van der Waals surface area contributed by atoms with Gasteiger partial charge in [-0.15, -0.1) is 0 Å². The van der Waals surface area contributed by atoms with Crippen LogP contribution in [-0.2, 0) is 10.0 Å². The van der Waals surface area contributed by atoms with Crippen molar-refractivity contribution in [3.05, 3.63) is 23.3 Å². The molecule has 0 amide bonds. The highest BCUT2D eigenvalue weighted by Crippen LogP contribution is 2.29. The average Bonchev–Trinajstić information content (AvgIpc) is 2.41. The molecule has 2 atom stereocenters. The third-order valence-corrected chi connectivity index (χ3v) is 5.99. The van der Waals surface area contributed by atoms with E-state index >= 15 is 0 Å². The molecule has 2 rings (SSSR count). The molecule has 118 valence electrons. The Hall–Kier alpha value is -1.07. The molecule has 0 aromatic heterocycles. The monoisotopic (exact) mass is 310 g/mol. The lowest BCUT2D eigenvalue weighted by Crippen LogP contribution is -2.32. The fourth-order valence-corrected chi connectivity index (χ4v) is 4.65. The normalized spacial score (nSPS) is 23.2. The van der Waals surface area contributed by atoms with Crippen LogP contribution < -0.4 is 10.5 Å². The topological polar surface area (TPSA) is 72.2 Å². The number of benzene rings is 1. The van der Waals surface area contributed by atoms with Crippen LogP contribution in [-0.4, -0.2) is 15.0 Å². The Balaban J connectivity index is 2.12. The summed E-state index contributed by atoms with van der Waals surface area (Å²) in [5, 5.41) is 0. The van der Waals surface area contributed by atoms with Gasteiger partial charge in [-0.05, 0) is 61.8 Å². The van der Waals surface area contributed by atoms with Crippen LogP contribution >= 0.6 is 0 Å². The summed E-state index contributed by atoms with van der Waals surface area (Å²) in [6.07, 6.45) is 4.68. The van der Waals surface area contributed by atoms with Crippen molar-refractivity contribution < 1.29 is 8.42 Å². The van der Waals surface area contributed by atoms with E-state index in [0.29, 0.717) is 34.5 Å². The molecule has 1 aliphatic carbocycles. The smallest absolute Gasteiger partial charge is 0.240 e. The average molecular weight is 310 g/mol. The van der Waals surface area contributed by atoms with E-state index in [2.05, 4.69) is 11.6 Å². The Morgan fingerprint density at radius 3 is 2.67 bits per heavy atom. The van der Waals surface area contributed by atoms with Gasteiger partial charge in [0, 0.05) is 12.2 Å². The highest BCUT2D eigenvalue weighted by atomic mass is 32.2. The first-order valence-corrected chi connectivity index (χ1v) is 9.14. The second-order valence-corrected chi connectivity index (χ2v) is 8.20. The van der Waals surface area contributed by atoms with Crippen LogP contribution in [0.4, 0.5) is 5.69 Å². The summed E-state index contributed by atoms with van der Waals surface area (Å²) in [5.74, 6) is 1.15. The largest absolute Gasteiger partial charge is 0.398 e. The van der Waals surface area contributed by atoms with E-state index in [1.807, 2.05) is 6.92 Å². The number of aryl methyl sites for hydroxylation is 1. The molecule has 4 nitrogen and oxygen atoms in total. The number of sulfonamides is 1. The lowest BCUT2D eigenvalue weighted by atomic mass is 9.83. The van der Waals surface area contributed by atoms with Crippen molar-refractivity contribution in [2.75, 3.05) is 12.3 Å². The highest BCUT2D eigenvalue weighted by molar-refractivity contribution is 7.89. The van der Waals surface area contributed by atoms with Gasteiger partial charge in [0.15, 0.2) is 0 Å². The third kappa shape index (κ3) is 3.98.